The Labute approximate surface area is 177 Å². The monoisotopic (exact) mass is 496 g/mol. The minimum atomic E-state index is -0.307. The summed E-state index contributed by atoms with van der Waals surface area (Å²) in [6, 6.07) is 5.92. The molecule has 1 aromatic carbocycles. The smallest absolute Gasteiger partial charge is 0.224 e. The lowest BCUT2D eigenvalue weighted by molar-refractivity contribution is -0.120. The zero-order valence-corrected chi connectivity index (χ0v) is 18.3. The fourth-order valence-corrected chi connectivity index (χ4v) is 2.08. The maximum absolute atomic E-state index is 12.8. The topological polar surface area (TPSA) is 84.0 Å². The summed E-state index contributed by atoms with van der Waals surface area (Å²) in [5.41, 5.74) is 0.780. The Hall–Kier alpha value is -1.46. The summed E-state index contributed by atoms with van der Waals surface area (Å²) in [7, 11) is 3.34. The van der Waals surface area contributed by atoms with Gasteiger partial charge in [-0.05, 0) is 24.1 Å². The van der Waals surface area contributed by atoms with Crippen molar-refractivity contribution in [3.63, 3.8) is 0 Å². The Morgan fingerprint density at radius 3 is 2.37 bits per heavy atom. The molecule has 9 heteroatoms. The summed E-state index contributed by atoms with van der Waals surface area (Å²) in [6.45, 7) is 3.63. The van der Waals surface area contributed by atoms with Gasteiger partial charge in [-0.2, -0.15) is 0 Å². The van der Waals surface area contributed by atoms with Gasteiger partial charge in [-0.1, -0.05) is 12.1 Å². The zero-order valence-electron chi connectivity index (χ0n) is 15.9. The van der Waals surface area contributed by atoms with E-state index in [1.54, 1.807) is 26.3 Å². The second kappa shape index (κ2) is 16.7. The minimum Gasteiger partial charge on any atom is -0.382 e. The molecule has 0 heterocycles. The van der Waals surface area contributed by atoms with E-state index >= 15 is 0 Å². The first-order valence-electron chi connectivity index (χ1n) is 8.68. The third-order valence-corrected chi connectivity index (χ3v) is 3.43. The second-order valence-corrected chi connectivity index (χ2v) is 5.54. The molecule has 0 fully saturated rings. The second-order valence-electron chi connectivity index (χ2n) is 5.54. The van der Waals surface area contributed by atoms with Crippen molar-refractivity contribution >= 4 is 35.8 Å². The Morgan fingerprint density at radius 1 is 1.04 bits per heavy atom. The van der Waals surface area contributed by atoms with Crippen molar-refractivity contribution in [3.8, 4) is 0 Å². The van der Waals surface area contributed by atoms with E-state index in [-0.39, 0.29) is 42.1 Å². The van der Waals surface area contributed by atoms with Crippen LogP contribution in [-0.2, 0) is 20.7 Å². The number of nitrogens with zero attached hydrogens (tertiary/aromatic N) is 1. The van der Waals surface area contributed by atoms with E-state index in [0.29, 0.717) is 38.9 Å². The Bertz CT molecular complexity index is 544. The Kier molecular flexibility index (Phi) is 15.8. The van der Waals surface area contributed by atoms with E-state index < -0.39 is 0 Å². The first kappa shape index (κ1) is 25.5. The maximum Gasteiger partial charge on any atom is 0.224 e. The lowest BCUT2D eigenvalue weighted by Gasteiger charge is -2.12. The van der Waals surface area contributed by atoms with Crippen molar-refractivity contribution < 1.29 is 18.7 Å². The van der Waals surface area contributed by atoms with Crippen LogP contribution in [0.1, 0.15) is 12.0 Å². The number of hydrogen-bond donors (Lipinski definition) is 3. The van der Waals surface area contributed by atoms with E-state index in [0.717, 1.165) is 18.5 Å². The molecule has 0 aromatic heterocycles. The molecule has 154 valence electrons. The first-order valence-corrected chi connectivity index (χ1v) is 8.68. The van der Waals surface area contributed by atoms with E-state index in [4.69, 9.17) is 9.47 Å². The summed E-state index contributed by atoms with van der Waals surface area (Å²) in [5, 5.41) is 9.11. The van der Waals surface area contributed by atoms with Crippen LogP contribution in [0.2, 0.25) is 0 Å². The van der Waals surface area contributed by atoms with Crippen molar-refractivity contribution in [2.75, 3.05) is 53.6 Å². The molecule has 0 aliphatic heterocycles. The van der Waals surface area contributed by atoms with Gasteiger partial charge in [0.2, 0.25) is 5.91 Å². The average Bonchev–Trinajstić information content (AvgIpc) is 2.64. The van der Waals surface area contributed by atoms with Gasteiger partial charge in [0, 0.05) is 40.4 Å². The van der Waals surface area contributed by atoms with Crippen LogP contribution in [0.3, 0.4) is 0 Å². The van der Waals surface area contributed by atoms with Crippen molar-refractivity contribution in [2.45, 2.75) is 12.8 Å². The van der Waals surface area contributed by atoms with Gasteiger partial charge in [0.15, 0.2) is 5.96 Å². The number of nitrogens with one attached hydrogen (secondary N) is 3. The Morgan fingerprint density at radius 2 is 1.70 bits per heavy atom. The molecule has 0 unspecified atom stereocenters. The third-order valence-electron chi connectivity index (χ3n) is 3.43. The molecule has 0 radical (unpaired) electrons. The summed E-state index contributed by atoms with van der Waals surface area (Å²) in [6.07, 6.45) is 1.09. The molecule has 1 amide bonds. The number of amides is 1. The first-order chi connectivity index (χ1) is 12.7. The number of aliphatic imine (C=N–C) groups is 1. The molecule has 0 saturated heterocycles. The molecule has 3 N–H and O–H groups in total. The number of benzene rings is 1. The Balaban J connectivity index is 0.00000676. The molecule has 1 rings (SSSR count). The zero-order chi connectivity index (χ0) is 19.0. The molecule has 0 saturated carbocycles. The van der Waals surface area contributed by atoms with Crippen LogP contribution in [0.15, 0.2) is 29.3 Å². The predicted molar refractivity (Wildman–Crippen MR) is 115 cm³/mol. The van der Waals surface area contributed by atoms with Gasteiger partial charge in [-0.3, -0.25) is 9.79 Å². The van der Waals surface area contributed by atoms with Crippen LogP contribution in [0.5, 0.6) is 0 Å². The molecule has 7 nitrogen and oxygen atoms in total. The fourth-order valence-electron chi connectivity index (χ4n) is 2.08. The van der Waals surface area contributed by atoms with E-state index in [9.17, 15) is 9.18 Å². The van der Waals surface area contributed by atoms with Gasteiger partial charge >= 0.3 is 0 Å². The number of carbonyl (C=O) groups is 1. The van der Waals surface area contributed by atoms with E-state index in [2.05, 4.69) is 20.9 Å². The van der Waals surface area contributed by atoms with Gasteiger partial charge < -0.3 is 25.4 Å². The largest absolute Gasteiger partial charge is 0.382 e. The number of ether oxygens (including phenoxy) is 2. The molecule has 0 bridgehead atoms. The highest BCUT2D eigenvalue weighted by Gasteiger charge is 2.03. The molecule has 0 atom stereocenters. The summed E-state index contributed by atoms with van der Waals surface area (Å²) in [4.78, 5) is 15.9. The number of methoxy groups -OCH3 is 1. The molecule has 0 aliphatic rings. The number of halogens is 2. The summed E-state index contributed by atoms with van der Waals surface area (Å²) in [5.74, 6) is 0.267. The van der Waals surface area contributed by atoms with Crippen LogP contribution in [0.4, 0.5) is 4.39 Å². The number of hydrogen-bond acceptors (Lipinski definition) is 4. The molecule has 27 heavy (non-hydrogen) atoms. The van der Waals surface area contributed by atoms with Crippen molar-refractivity contribution in [2.24, 2.45) is 4.99 Å². The predicted octanol–water partition coefficient (Wildman–Crippen LogP) is 1.32. The molecular weight excluding hydrogens is 466 g/mol. The van der Waals surface area contributed by atoms with Crippen LogP contribution in [0, 0.1) is 5.82 Å². The number of rotatable bonds is 12. The molecule has 0 aliphatic carbocycles. The van der Waals surface area contributed by atoms with Gasteiger partial charge in [-0.25, -0.2) is 4.39 Å². The third kappa shape index (κ3) is 13.4. The lowest BCUT2D eigenvalue weighted by Crippen LogP contribution is -2.42. The van der Waals surface area contributed by atoms with E-state index in [1.807, 2.05) is 0 Å². The molecule has 1 aromatic rings. The van der Waals surface area contributed by atoms with Crippen molar-refractivity contribution in [1.29, 1.82) is 0 Å². The van der Waals surface area contributed by atoms with Crippen LogP contribution >= 0.6 is 24.0 Å². The highest BCUT2D eigenvalue weighted by atomic mass is 127. The minimum absolute atomic E-state index is 0. The highest BCUT2D eigenvalue weighted by Crippen LogP contribution is 2.03. The molecule has 0 spiro atoms. The van der Waals surface area contributed by atoms with Crippen LogP contribution < -0.4 is 16.0 Å². The number of guanidine groups is 1. The van der Waals surface area contributed by atoms with Crippen molar-refractivity contribution in [3.05, 3.63) is 35.6 Å². The highest BCUT2D eigenvalue weighted by molar-refractivity contribution is 14.0. The SMILES string of the molecule is CN=C(NCCCOCCOC)NCCNC(=O)Cc1ccc(F)cc1.I. The van der Waals surface area contributed by atoms with Gasteiger partial charge in [-0.15, -0.1) is 24.0 Å². The quantitative estimate of drug-likeness (QED) is 0.176. The van der Waals surface area contributed by atoms with Crippen molar-refractivity contribution in [1.82, 2.24) is 16.0 Å². The van der Waals surface area contributed by atoms with Gasteiger partial charge in [0.25, 0.3) is 0 Å². The lowest BCUT2D eigenvalue weighted by atomic mass is 10.1. The maximum atomic E-state index is 12.8. The standard InChI is InChI=1S/C18H29FN4O3.HI/c1-20-18(22-8-3-11-26-13-12-25-2)23-10-9-21-17(24)14-15-4-6-16(19)7-5-15;/h4-7H,3,8-14H2,1-2H3,(H,21,24)(H2,20,22,23);1H. The summed E-state index contributed by atoms with van der Waals surface area (Å²) < 4.78 is 23.1. The number of carbonyl (C=O) groups excluding carboxylic acids is 1. The summed E-state index contributed by atoms with van der Waals surface area (Å²) >= 11 is 0. The normalized spacial score (nSPS) is 10.9. The fraction of sp³-hybridized carbons (Fsp3) is 0.556. The van der Waals surface area contributed by atoms with Gasteiger partial charge in [0.05, 0.1) is 19.6 Å². The van der Waals surface area contributed by atoms with Gasteiger partial charge in [0.1, 0.15) is 5.82 Å². The van der Waals surface area contributed by atoms with E-state index in [1.165, 1.54) is 12.1 Å². The van der Waals surface area contributed by atoms with Crippen LogP contribution in [-0.4, -0.2) is 65.5 Å². The molecular formula is C18H30FIN4O3. The van der Waals surface area contributed by atoms with Crippen LogP contribution in [0.25, 0.3) is 0 Å². The average molecular weight is 496 g/mol.